The minimum Gasteiger partial charge on any atom is -0.458 e. The molecule has 0 saturated carbocycles. The largest absolute Gasteiger partial charge is 0.458 e. The van der Waals surface area contributed by atoms with Gasteiger partial charge in [-0.05, 0) is 19.6 Å². The van der Waals surface area contributed by atoms with Crippen LogP contribution >= 0.6 is 11.8 Å². The number of aromatic amines is 1. The zero-order valence-electron chi connectivity index (χ0n) is 8.53. The molecule has 0 amide bonds. The number of thioether (sulfide) groups is 1. The van der Waals surface area contributed by atoms with Gasteiger partial charge in [-0.3, -0.25) is 0 Å². The van der Waals surface area contributed by atoms with Crippen LogP contribution in [0.4, 0.5) is 0 Å². The highest BCUT2D eigenvalue weighted by Gasteiger charge is 2.16. The minimum absolute atomic E-state index is 0.0551. The molecular formula is C9H14N2O2S. The zero-order valence-corrected chi connectivity index (χ0v) is 9.35. The normalized spacial score (nSPS) is 12.5. The van der Waals surface area contributed by atoms with E-state index in [0.717, 1.165) is 6.42 Å². The van der Waals surface area contributed by atoms with Crippen molar-refractivity contribution < 1.29 is 9.53 Å². The van der Waals surface area contributed by atoms with Crippen LogP contribution in [0.1, 0.15) is 30.8 Å². The minimum atomic E-state index is -0.332. The molecule has 0 bridgehead atoms. The van der Waals surface area contributed by atoms with E-state index >= 15 is 0 Å². The van der Waals surface area contributed by atoms with Crippen LogP contribution in [-0.4, -0.2) is 28.3 Å². The monoisotopic (exact) mass is 214 g/mol. The summed E-state index contributed by atoms with van der Waals surface area (Å²) in [5, 5.41) is 0.679. The van der Waals surface area contributed by atoms with Gasteiger partial charge in [-0.25, -0.2) is 9.78 Å². The second-order valence-corrected chi connectivity index (χ2v) is 3.71. The van der Waals surface area contributed by atoms with Gasteiger partial charge in [0.05, 0.1) is 12.4 Å². The molecule has 0 aliphatic carbocycles. The summed E-state index contributed by atoms with van der Waals surface area (Å²) in [5.74, 6) is -0.332. The lowest BCUT2D eigenvalue weighted by Crippen LogP contribution is -2.14. The lowest BCUT2D eigenvalue weighted by atomic mass is 10.3. The van der Waals surface area contributed by atoms with Crippen LogP contribution in [-0.2, 0) is 4.74 Å². The first-order valence-corrected chi connectivity index (χ1v) is 5.69. The van der Waals surface area contributed by atoms with E-state index in [1.165, 1.54) is 18.1 Å². The molecule has 14 heavy (non-hydrogen) atoms. The molecule has 5 heteroatoms. The Hall–Kier alpha value is -0.970. The summed E-state index contributed by atoms with van der Waals surface area (Å²) in [6.45, 7) is 3.84. The molecule has 1 atom stereocenters. The maximum absolute atomic E-state index is 11.5. The Morgan fingerprint density at radius 3 is 3.07 bits per heavy atom. The molecule has 1 aromatic rings. The van der Waals surface area contributed by atoms with Gasteiger partial charge in [0.2, 0.25) is 0 Å². The van der Waals surface area contributed by atoms with Crippen LogP contribution < -0.4 is 0 Å². The maximum Gasteiger partial charge on any atom is 0.357 e. The number of hydrogen-bond donors (Lipinski definition) is 1. The molecule has 1 N–H and O–H groups in total. The molecule has 0 fully saturated rings. The van der Waals surface area contributed by atoms with Crippen LogP contribution in [0.5, 0.6) is 0 Å². The molecule has 1 aromatic heterocycles. The summed E-state index contributed by atoms with van der Waals surface area (Å²) < 4.78 is 5.16. The Kier molecular flexibility index (Phi) is 4.00. The van der Waals surface area contributed by atoms with Gasteiger partial charge in [-0.15, -0.1) is 11.8 Å². The van der Waals surface area contributed by atoms with Crippen molar-refractivity contribution >= 4 is 17.7 Å². The maximum atomic E-state index is 11.5. The van der Waals surface area contributed by atoms with E-state index in [1.807, 2.05) is 20.1 Å². The molecule has 1 unspecified atom stereocenters. The SMILES string of the molecule is CCC(C)OC(=O)c1[nH]cnc1SC. The second kappa shape index (κ2) is 5.05. The first kappa shape index (κ1) is 11.1. The molecule has 0 spiro atoms. The van der Waals surface area contributed by atoms with Crippen LogP contribution in [0.3, 0.4) is 0 Å². The average Bonchev–Trinajstić information content (AvgIpc) is 2.65. The first-order valence-electron chi connectivity index (χ1n) is 4.47. The number of carbonyl (C=O) groups excluding carboxylic acids is 1. The molecule has 0 radical (unpaired) electrons. The van der Waals surface area contributed by atoms with Crippen LogP contribution in [0.2, 0.25) is 0 Å². The average molecular weight is 214 g/mol. The van der Waals surface area contributed by atoms with Gasteiger partial charge in [0.15, 0.2) is 5.69 Å². The Morgan fingerprint density at radius 2 is 2.50 bits per heavy atom. The van der Waals surface area contributed by atoms with E-state index in [9.17, 15) is 4.79 Å². The van der Waals surface area contributed by atoms with Gasteiger partial charge in [-0.1, -0.05) is 6.92 Å². The Bertz CT molecular complexity index is 312. The topological polar surface area (TPSA) is 55.0 Å². The van der Waals surface area contributed by atoms with E-state index < -0.39 is 0 Å². The van der Waals surface area contributed by atoms with Crippen molar-refractivity contribution in [2.75, 3.05) is 6.26 Å². The molecule has 0 saturated heterocycles. The van der Waals surface area contributed by atoms with Crippen molar-refractivity contribution in [3.63, 3.8) is 0 Å². The van der Waals surface area contributed by atoms with Crippen molar-refractivity contribution in [2.24, 2.45) is 0 Å². The van der Waals surface area contributed by atoms with Crippen LogP contribution in [0, 0.1) is 0 Å². The number of carbonyl (C=O) groups is 1. The molecule has 0 aromatic carbocycles. The number of H-pyrrole nitrogens is 1. The Balaban J connectivity index is 2.69. The van der Waals surface area contributed by atoms with Crippen LogP contribution in [0.25, 0.3) is 0 Å². The summed E-state index contributed by atoms with van der Waals surface area (Å²) in [7, 11) is 0. The lowest BCUT2D eigenvalue weighted by molar-refractivity contribution is 0.0323. The highest BCUT2D eigenvalue weighted by Crippen LogP contribution is 2.17. The Labute approximate surface area is 87.4 Å². The highest BCUT2D eigenvalue weighted by atomic mass is 32.2. The molecular weight excluding hydrogens is 200 g/mol. The fraction of sp³-hybridized carbons (Fsp3) is 0.556. The van der Waals surface area contributed by atoms with Crippen molar-refractivity contribution in [2.45, 2.75) is 31.4 Å². The summed E-state index contributed by atoms with van der Waals surface area (Å²) in [5.41, 5.74) is 0.442. The molecule has 0 aliphatic rings. The molecule has 1 rings (SSSR count). The number of hydrogen-bond acceptors (Lipinski definition) is 4. The third kappa shape index (κ3) is 2.51. The van der Waals surface area contributed by atoms with Gasteiger partial charge in [0.25, 0.3) is 0 Å². The van der Waals surface area contributed by atoms with E-state index in [0.29, 0.717) is 10.7 Å². The third-order valence-electron chi connectivity index (χ3n) is 1.89. The number of rotatable bonds is 4. The molecule has 0 aliphatic heterocycles. The number of nitrogens with one attached hydrogen (secondary N) is 1. The number of nitrogens with zero attached hydrogens (tertiary/aromatic N) is 1. The number of imidazole rings is 1. The lowest BCUT2D eigenvalue weighted by Gasteiger charge is -2.09. The fourth-order valence-electron chi connectivity index (χ4n) is 0.908. The smallest absolute Gasteiger partial charge is 0.357 e. The van der Waals surface area contributed by atoms with E-state index in [4.69, 9.17) is 4.74 Å². The van der Waals surface area contributed by atoms with E-state index in [1.54, 1.807) is 0 Å². The van der Waals surface area contributed by atoms with Gasteiger partial charge < -0.3 is 9.72 Å². The summed E-state index contributed by atoms with van der Waals surface area (Å²) in [4.78, 5) is 18.3. The quantitative estimate of drug-likeness (QED) is 0.616. The number of aromatic nitrogens is 2. The predicted molar refractivity (Wildman–Crippen MR) is 55.5 cm³/mol. The van der Waals surface area contributed by atoms with Crippen molar-refractivity contribution in [3.05, 3.63) is 12.0 Å². The molecule has 1 heterocycles. The zero-order chi connectivity index (χ0) is 10.6. The standard InChI is InChI=1S/C9H14N2O2S/c1-4-6(2)13-9(12)7-8(14-3)11-5-10-7/h5-6H,4H2,1-3H3,(H,10,11). The summed E-state index contributed by atoms with van der Waals surface area (Å²) in [6.07, 6.45) is 4.13. The second-order valence-electron chi connectivity index (χ2n) is 2.91. The summed E-state index contributed by atoms with van der Waals surface area (Å²) in [6, 6.07) is 0. The third-order valence-corrected chi connectivity index (χ3v) is 2.58. The van der Waals surface area contributed by atoms with Gasteiger partial charge in [0, 0.05) is 0 Å². The number of esters is 1. The van der Waals surface area contributed by atoms with Crippen LogP contribution in [0.15, 0.2) is 11.4 Å². The molecule has 4 nitrogen and oxygen atoms in total. The van der Waals surface area contributed by atoms with Crippen molar-refractivity contribution in [3.8, 4) is 0 Å². The van der Waals surface area contributed by atoms with Gasteiger partial charge in [-0.2, -0.15) is 0 Å². The van der Waals surface area contributed by atoms with Gasteiger partial charge >= 0.3 is 5.97 Å². The predicted octanol–water partition coefficient (Wildman–Crippen LogP) is 2.09. The molecule has 78 valence electrons. The van der Waals surface area contributed by atoms with E-state index in [2.05, 4.69) is 9.97 Å². The van der Waals surface area contributed by atoms with E-state index in [-0.39, 0.29) is 12.1 Å². The first-order chi connectivity index (χ1) is 6.69. The summed E-state index contributed by atoms with van der Waals surface area (Å²) >= 11 is 1.42. The number of ether oxygens (including phenoxy) is 1. The Morgan fingerprint density at radius 1 is 1.79 bits per heavy atom. The van der Waals surface area contributed by atoms with Crippen molar-refractivity contribution in [1.82, 2.24) is 9.97 Å². The van der Waals surface area contributed by atoms with Crippen molar-refractivity contribution in [1.29, 1.82) is 0 Å². The highest BCUT2D eigenvalue weighted by molar-refractivity contribution is 7.98. The fourth-order valence-corrected chi connectivity index (χ4v) is 1.41. The van der Waals surface area contributed by atoms with Gasteiger partial charge in [0.1, 0.15) is 5.03 Å².